The van der Waals surface area contributed by atoms with E-state index < -0.39 is 10.8 Å². The van der Waals surface area contributed by atoms with Gasteiger partial charge in [-0.1, -0.05) is 201 Å². The van der Waals surface area contributed by atoms with Crippen molar-refractivity contribution in [1.82, 2.24) is 44.9 Å². The lowest BCUT2D eigenvalue weighted by Crippen LogP contribution is -2.28. The zero-order valence-electron chi connectivity index (χ0n) is 74.1. The first-order valence-corrected chi connectivity index (χ1v) is 43.5. The van der Waals surface area contributed by atoms with E-state index in [9.17, 15) is 9.59 Å². The largest absolute Gasteiger partial charge is 0.388 e. The van der Waals surface area contributed by atoms with Gasteiger partial charge >= 0.3 is 0 Å². The number of fused-ring (bicyclic) bond motifs is 6. The van der Waals surface area contributed by atoms with E-state index in [2.05, 4.69) is 310 Å². The number of nitrogens with one attached hydrogen (secondary N) is 12. The molecule has 17 aromatic rings. The normalized spacial score (nSPS) is 11.9. The predicted octanol–water partition coefficient (Wildman–Crippen LogP) is 23.2. The van der Waals surface area contributed by atoms with E-state index in [1.54, 1.807) is 12.1 Å². The molecule has 0 aliphatic heterocycles. The smallest absolute Gasteiger partial charge is 0.255 e. The average Bonchev–Trinajstić information content (AvgIpc) is 1.55. The van der Waals surface area contributed by atoms with Gasteiger partial charge in [0.25, 0.3) is 5.91 Å². The number of nitrogens with zero attached hydrogens (tertiary/aromatic N) is 9. The Morgan fingerprint density at radius 3 is 0.832 bits per heavy atom. The van der Waals surface area contributed by atoms with Gasteiger partial charge in [0, 0.05) is 121 Å². The summed E-state index contributed by atoms with van der Waals surface area (Å²) in [5, 5.41) is 38.6. The molecule has 0 radical (unpaired) electrons. The fraction of sp³-hybridized carbons (Fsp3) is 0.120. The summed E-state index contributed by atoms with van der Waals surface area (Å²) >= 11 is 0. The average molecular weight is 1720 g/mol. The lowest BCUT2D eigenvalue weighted by Gasteiger charge is -2.34. The molecule has 131 heavy (non-hydrogen) atoms. The van der Waals surface area contributed by atoms with Crippen molar-refractivity contribution in [2.24, 2.45) is 0 Å². The maximum Gasteiger partial charge on any atom is 0.255 e. The number of benzene rings is 14. The molecule has 648 valence electrons. The quantitative estimate of drug-likeness (QED) is 0.0213. The van der Waals surface area contributed by atoms with Crippen LogP contribution in [0.25, 0.3) is 22.3 Å². The van der Waals surface area contributed by atoms with Crippen molar-refractivity contribution in [2.45, 2.75) is 51.4 Å². The van der Waals surface area contributed by atoms with Crippen LogP contribution in [-0.4, -0.2) is 91.8 Å². The lowest BCUT2D eigenvalue weighted by atomic mass is 9.67. The molecular formula is C108H99N21O2. The Hall–Kier alpha value is -17.0. The molecule has 19 rings (SSSR count). The summed E-state index contributed by atoms with van der Waals surface area (Å²) in [5.41, 5.74) is 28.3. The molecule has 14 aromatic carbocycles. The summed E-state index contributed by atoms with van der Waals surface area (Å²) in [5.74, 6) is 4.40. The van der Waals surface area contributed by atoms with Crippen LogP contribution in [0.15, 0.2) is 340 Å². The fourth-order valence-corrected chi connectivity index (χ4v) is 17.0. The monoisotopic (exact) mass is 1720 g/mol. The van der Waals surface area contributed by atoms with Gasteiger partial charge in [-0.3, -0.25) is 9.59 Å². The van der Waals surface area contributed by atoms with Gasteiger partial charge in [-0.15, -0.1) is 0 Å². The maximum atomic E-state index is 12.7. The van der Waals surface area contributed by atoms with Crippen molar-refractivity contribution in [2.75, 3.05) is 99.0 Å². The molecule has 2 aliphatic rings. The topological polar surface area (TPSA) is 295 Å². The first-order chi connectivity index (χ1) is 64.0. The van der Waals surface area contributed by atoms with Crippen LogP contribution in [0, 0.1) is 20.8 Å². The SMILES string of the molecule is CCc1ccc(C(=O)Cc2ccc(Nc3nc(C)nc(Nc4cccc(NC)c4)n3)cc2)cc1.CNc1ccc(C(=O)Nc2ccc(Nc3nc(C)nc(Nc4ccc(C5(c6ccc(NC)cc6)c6ccccc6-c6ccccc65)cc4)n3)cc2)cc1.CNc1ccc(C2(c3ccc(Nc4nc(C)nc(Nc5cccc(NC)c5)n4)cc3)c3ccccc3-c3ccccc32)cc1. The van der Waals surface area contributed by atoms with Gasteiger partial charge in [0.15, 0.2) is 5.78 Å². The minimum atomic E-state index is -0.491. The summed E-state index contributed by atoms with van der Waals surface area (Å²) in [6.45, 7) is 7.62. The third kappa shape index (κ3) is 19.0. The van der Waals surface area contributed by atoms with Gasteiger partial charge in [-0.2, -0.15) is 44.9 Å². The molecule has 12 N–H and O–H groups in total. The number of hydrogen-bond acceptors (Lipinski definition) is 22. The van der Waals surface area contributed by atoms with Crippen molar-refractivity contribution in [3.8, 4) is 22.3 Å². The first kappa shape index (κ1) is 86.2. The van der Waals surface area contributed by atoms with E-state index >= 15 is 0 Å². The first-order valence-electron chi connectivity index (χ1n) is 43.5. The maximum absolute atomic E-state index is 12.7. The molecule has 0 fully saturated rings. The Bertz CT molecular complexity index is 6830. The molecule has 23 heteroatoms. The van der Waals surface area contributed by atoms with Crippen LogP contribution in [0.5, 0.6) is 0 Å². The van der Waals surface area contributed by atoms with E-state index in [0.29, 0.717) is 70.8 Å². The highest BCUT2D eigenvalue weighted by Gasteiger charge is 2.47. The molecule has 0 spiro atoms. The number of carbonyl (C=O) groups excluding carboxylic acids is 2. The van der Waals surface area contributed by atoms with E-state index in [1.807, 2.05) is 189 Å². The number of aryl methyl sites for hydroxylation is 4. The number of ketones is 1. The number of anilines is 18. The zero-order chi connectivity index (χ0) is 90.4. The van der Waals surface area contributed by atoms with Crippen LogP contribution in [0.2, 0.25) is 0 Å². The Balaban J connectivity index is 0.000000141. The molecule has 3 aromatic heterocycles. The van der Waals surface area contributed by atoms with Crippen LogP contribution in [0.4, 0.5) is 104 Å². The van der Waals surface area contributed by atoms with Crippen molar-refractivity contribution in [3.05, 3.63) is 424 Å². The Kier molecular flexibility index (Phi) is 25.6. The van der Waals surface area contributed by atoms with Gasteiger partial charge in [-0.25, -0.2) is 0 Å². The van der Waals surface area contributed by atoms with Crippen molar-refractivity contribution in [3.63, 3.8) is 0 Å². The molecule has 1 amide bonds. The molecular weight excluding hydrogens is 1620 g/mol. The third-order valence-corrected chi connectivity index (χ3v) is 23.4. The second-order valence-corrected chi connectivity index (χ2v) is 31.7. The molecule has 0 saturated heterocycles. The molecule has 0 bridgehead atoms. The number of aromatic nitrogens is 9. The Morgan fingerprint density at radius 2 is 0.511 bits per heavy atom. The lowest BCUT2D eigenvalue weighted by molar-refractivity contribution is 0.0991. The van der Waals surface area contributed by atoms with Crippen LogP contribution in [0.1, 0.15) is 101 Å². The standard InChI is InChI=1S/C44H38N8O.C37H33N7.C27H28N6O/c1-28-47-42(52-43(48-28)51-36-26-24-34(25-27-36)49-41(53)29-12-18-32(45-2)19-13-29)50-35-22-16-31(17-23-35)44(30-14-20-33(46-3)21-15-30)39-10-6-4-8-37(39)38-9-5-7-11-40(38)44;1-24-40-35(44-36(41-24)43-30-10-8-9-29(23-30)39-3)42-28-21-17-26(18-22-28)37(25-15-19-27(38-2)20-16-25)33-13-6-4-11-31(33)32-12-5-7-14-34(32)37;1-4-19-8-12-21(13-9-19)25(34)16-20-10-14-22(15-11-20)31-26-29-18(2)30-27(33-26)32-24-7-5-6-23(17-24)28-3/h4-27,45-46H,1-3H3,(H,49,53)(H2,47,48,50,51,52);4-23,38-39H,1-3H3,(H2,40,41,42,43,44);5-15,17,28H,4,16H2,1-3H3,(H2,29,30,31,32,33). The molecule has 0 atom stereocenters. The van der Waals surface area contributed by atoms with Gasteiger partial charge in [-0.05, 0) is 251 Å². The van der Waals surface area contributed by atoms with Crippen LogP contribution in [-0.2, 0) is 23.7 Å². The summed E-state index contributed by atoms with van der Waals surface area (Å²) < 4.78 is 0. The van der Waals surface area contributed by atoms with Crippen LogP contribution >= 0.6 is 0 Å². The summed E-state index contributed by atoms with van der Waals surface area (Å²) in [6, 6.07) is 116. The van der Waals surface area contributed by atoms with Crippen molar-refractivity contribution >= 4 is 116 Å². The molecule has 0 unspecified atom stereocenters. The molecule has 23 nitrogen and oxygen atoms in total. The molecule has 2 aliphatic carbocycles. The predicted molar refractivity (Wildman–Crippen MR) is 533 cm³/mol. The van der Waals surface area contributed by atoms with E-state index in [0.717, 1.165) is 85.7 Å². The number of rotatable bonds is 27. The highest BCUT2D eigenvalue weighted by atomic mass is 16.1. The summed E-state index contributed by atoms with van der Waals surface area (Å²) in [6.07, 6.45) is 1.32. The number of hydrogen-bond donors (Lipinski definition) is 12. The number of Topliss-reactive ketones (excluding diaryl/α,β-unsaturated/α-hetero) is 1. The van der Waals surface area contributed by atoms with E-state index in [1.165, 1.54) is 66.8 Å². The van der Waals surface area contributed by atoms with Gasteiger partial charge in [0.05, 0.1) is 10.8 Å². The fourth-order valence-electron chi connectivity index (χ4n) is 17.0. The number of amides is 1. The van der Waals surface area contributed by atoms with Crippen molar-refractivity contribution < 1.29 is 9.59 Å². The Morgan fingerprint density at radius 1 is 0.252 bits per heavy atom. The summed E-state index contributed by atoms with van der Waals surface area (Å²) in [7, 11) is 9.50. The van der Waals surface area contributed by atoms with E-state index in [4.69, 9.17) is 0 Å². The van der Waals surface area contributed by atoms with Crippen LogP contribution < -0.4 is 63.8 Å². The van der Waals surface area contributed by atoms with E-state index in [-0.39, 0.29) is 11.7 Å². The van der Waals surface area contributed by atoms with Crippen LogP contribution in [0.3, 0.4) is 0 Å². The minimum Gasteiger partial charge on any atom is -0.388 e. The van der Waals surface area contributed by atoms with Gasteiger partial charge in [0.1, 0.15) is 17.5 Å². The van der Waals surface area contributed by atoms with Gasteiger partial charge < -0.3 is 63.8 Å². The van der Waals surface area contributed by atoms with Crippen molar-refractivity contribution in [1.29, 1.82) is 0 Å². The highest BCUT2D eigenvalue weighted by molar-refractivity contribution is 6.04. The molecule has 3 heterocycles. The summed E-state index contributed by atoms with van der Waals surface area (Å²) in [4.78, 5) is 66.0. The Labute approximate surface area is 762 Å². The number of carbonyl (C=O) groups is 2. The zero-order valence-corrected chi connectivity index (χ0v) is 74.1. The van der Waals surface area contributed by atoms with Gasteiger partial charge in [0.2, 0.25) is 35.7 Å². The highest BCUT2D eigenvalue weighted by Crippen LogP contribution is 2.58. The minimum absolute atomic E-state index is 0.106. The molecule has 0 saturated carbocycles. The third-order valence-electron chi connectivity index (χ3n) is 23.4. The second-order valence-electron chi connectivity index (χ2n) is 31.7. The second kappa shape index (κ2) is 38.9.